The zero-order chi connectivity index (χ0) is 21.7. The molecular formula is C20H16F3N3O2S. The fourth-order valence-corrected chi connectivity index (χ4v) is 2.62. The number of alkyl halides is 3. The quantitative estimate of drug-likeness (QED) is 0.528. The van der Waals surface area contributed by atoms with Crippen LogP contribution >= 0.6 is 12.2 Å². The highest BCUT2D eigenvalue weighted by Gasteiger charge is 2.35. The van der Waals surface area contributed by atoms with Crippen molar-refractivity contribution in [2.75, 3.05) is 5.32 Å². The summed E-state index contributed by atoms with van der Waals surface area (Å²) in [5.41, 5.74) is -2.24. The van der Waals surface area contributed by atoms with Gasteiger partial charge in [-0.3, -0.25) is 4.79 Å². The highest BCUT2D eigenvalue weighted by Crippen LogP contribution is 2.33. The summed E-state index contributed by atoms with van der Waals surface area (Å²) < 4.78 is 39.1. The summed E-state index contributed by atoms with van der Waals surface area (Å²) in [6, 6.07) is 11.2. The first kappa shape index (κ1) is 22.2. The van der Waals surface area contributed by atoms with Crippen molar-refractivity contribution in [3.8, 4) is 6.07 Å². The highest BCUT2D eigenvalue weighted by molar-refractivity contribution is 7.78. The second kappa shape index (κ2) is 8.97. The first-order valence-electron chi connectivity index (χ1n) is 8.39. The molecule has 0 aliphatic rings. The number of carbonyl (C=O) groups is 1. The van der Waals surface area contributed by atoms with Crippen LogP contribution in [0.2, 0.25) is 0 Å². The molecule has 2 N–H and O–H groups in total. The number of thiocarbonyl (C=S) groups is 1. The van der Waals surface area contributed by atoms with Crippen LogP contribution in [-0.2, 0) is 17.4 Å². The van der Waals surface area contributed by atoms with E-state index in [9.17, 15) is 23.1 Å². The molecule has 2 rings (SSSR count). The molecule has 1 atom stereocenters. The fraction of sp³-hybridized carbons (Fsp3) is 0.250. The molecule has 0 unspecified atom stereocenters. The van der Waals surface area contributed by atoms with Crippen molar-refractivity contribution in [1.82, 2.24) is 0 Å². The van der Waals surface area contributed by atoms with Crippen molar-refractivity contribution >= 4 is 34.7 Å². The van der Waals surface area contributed by atoms with Gasteiger partial charge in [0.15, 0.2) is 0 Å². The third-order valence-corrected chi connectivity index (χ3v) is 4.30. The van der Waals surface area contributed by atoms with Gasteiger partial charge in [-0.25, -0.2) is 0 Å². The standard InChI is InChI=1S/C20H16F3N3O2S/c1-19(28,9-8-13-2-5-15(6-3-13)25-12-29)18(27)26-16-7-4-14(11-24)17(10-16)20(21,22)23/h2-7,10,28H,8-9H2,1H3,(H,26,27)/t19-/m1/s1. The second-order valence-electron chi connectivity index (χ2n) is 6.47. The summed E-state index contributed by atoms with van der Waals surface area (Å²) in [5.74, 6) is -0.850. The number of carbonyl (C=O) groups excluding carboxylic acids is 1. The Morgan fingerprint density at radius 1 is 1.24 bits per heavy atom. The second-order valence-corrected chi connectivity index (χ2v) is 6.65. The molecule has 0 saturated carbocycles. The topological polar surface area (TPSA) is 85.5 Å². The van der Waals surface area contributed by atoms with E-state index in [1.165, 1.54) is 19.1 Å². The lowest BCUT2D eigenvalue weighted by Gasteiger charge is -2.23. The van der Waals surface area contributed by atoms with Crippen LogP contribution < -0.4 is 5.32 Å². The zero-order valence-corrected chi connectivity index (χ0v) is 16.1. The number of aliphatic imine (C=N–C) groups is 1. The summed E-state index contributed by atoms with van der Waals surface area (Å²) >= 11 is 4.52. The van der Waals surface area contributed by atoms with Gasteiger partial charge in [0.2, 0.25) is 0 Å². The van der Waals surface area contributed by atoms with Crippen LogP contribution in [0.4, 0.5) is 24.5 Å². The number of rotatable bonds is 6. The number of isothiocyanates is 1. The number of hydrogen-bond donors (Lipinski definition) is 2. The largest absolute Gasteiger partial charge is 0.417 e. The smallest absolute Gasteiger partial charge is 0.380 e. The lowest BCUT2D eigenvalue weighted by molar-refractivity contribution is -0.138. The van der Waals surface area contributed by atoms with Crippen molar-refractivity contribution in [3.05, 3.63) is 59.2 Å². The average molecular weight is 419 g/mol. The number of hydrogen-bond acceptors (Lipinski definition) is 5. The van der Waals surface area contributed by atoms with Crippen LogP contribution in [0.25, 0.3) is 0 Å². The minimum absolute atomic E-state index is 0.0387. The van der Waals surface area contributed by atoms with Crippen molar-refractivity contribution in [2.24, 2.45) is 4.99 Å². The number of aliphatic hydroxyl groups is 1. The monoisotopic (exact) mass is 419 g/mol. The van der Waals surface area contributed by atoms with Crippen molar-refractivity contribution in [2.45, 2.75) is 31.5 Å². The Hall–Kier alpha value is -3.05. The van der Waals surface area contributed by atoms with E-state index in [0.717, 1.165) is 11.6 Å². The molecule has 2 aromatic rings. The third kappa shape index (κ3) is 5.96. The Balaban J connectivity index is 2.09. The minimum Gasteiger partial charge on any atom is -0.380 e. The van der Waals surface area contributed by atoms with Gasteiger partial charge in [0.25, 0.3) is 5.91 Å². The van der Waals surface area contributed by atoms with E-state index in [-0.39, 0.29) is 12.1 Å². The van der Waals surface area contributed by atoms with Crippen molar-refractivity contribution < 1.29 is 23.1 Å². The number of nitrogens with zero attached hydrogens (tertiary/aromatic N) is 2. The van der Waals surface area contributed by atoms with Crippen LogP contribution in [0, 0.1) is 11.3 Å². The predicted octanol–water partition coefficient (Wildman–Crippen LogP) is 4.63. The van der Waals surface area contributed by atoms with Crippen LogP contribution in [0.5, 0.6) is 0 Å². The van der Waals surface area contributed by atoms with Crippen LogP contribution in [0.3, 0.4) is 0 Å². The van der Waals surface area contributed by atoms with Gasteiger partial charge >= 0.3 is 6.18 Å². The molecule has 0 fully saturated rings. The molecule has 0 aromatic heterocycles. The van der Waals surface area contributed by atoms with Gasteiger partial charge in [0, 0.05) is 5.69 Å². The summed E-state index contributed by atoms with van der Waals surface area (Å²) in [5, 5.41) is 23.8. The van der Waals surface area contributed by atoms with Crippen LogP contribution in [0.15, 0.2) is 47.5 Å². The molecule has 5 nitrogen and oxygen atoms in total. The van der Waals surface area contributed by atoms with E-state index in [1.54, 1.807) is 24.3 Å². The normalized spacial score (nSPS) is 13.0. The van der Waals surface area contributed by atoms with Gasteiger partial charge in [0.05, 0.1) is 28.0 Å². The number of benzene rings is 2. The molecule has 150 valence electrons. The van der Waals surface area contributed by atoms with E-state index in [0.29, 0.717) is 18.2 Å². The molecule has 0 spiro atoms. The van der Waals surface area contributed by atoms with Gasteiger partial charge in [0.1, 0.15) is 5.60 Å². The number of aryl methyl sites for hydroxylation is 1. The molecule has 0 heterocycles. The number of halogens is 3. The molecule has 2 aromatic carbocycles. The van der Waals surface area contributed by atoms with Crippen molar-refractivity contribution in [3.63, 3.8) is 0 Å². The zero-order valence-electron chi connectivity index (χ0n) is 15.2. The molecule has 29 heavy (non-hydrogen) atoms. The number of nitriles is 1. The molecule has 0 bridgehead atoms. The third-order valence-electron chi connectivity index (χ3n) is 4.20. The summed E-state index contributed by atoms with van der Waals surface area (Å²) in [4.78, 5) is 16.2. The Labute approximate surface area is 170 Å². The van der Waals surface area contributed by atoms with Gasteiger partial charge in [-0.2, -0.15) is 23.4 Å². The minimum atomic E-state index is -4.74. The Morgan fingerprint density at radius 2 is 1.90 bits per heavy atom. The first-order valence-corrected chi connectivity index (χ1v) is 8.79. The highest BCUT2D eigenvalue weighted by atomic mass is 32.1. The Bertz CT molecular complexity index is 990. The van der Waals surface area contributed by atoms with Crippen LogP contribution in [-0.4, -0.2) is 21.8 Å². The van der Waals surface area contributed by atoms with Gasteiger partial charge in [-0.1, -0.05) is 12.1 Å². The SMILES string of the molecule is C[C@@](O)(CCc1ccc(N=C=S)cc1)C(=O)Nc1ccc(C#N)c(C(F)(F)F)c1. The molecular weight excluding hydrogens is 403 g/mol. The number of amides is 1. The molecule has 0 aliphatic heterocycles. The summed E-state index contributed by atoms with van der Waals surface area (Å²) in [6.45, 7) is 1.28. The predicted molar refractivity (Wildman–Crippen MR) is 105 cm³/mol. The fourth-order valence-electron chi connectivity index (χ4n) is 2.51. The summed E-state index contributed by atoms with van der Waals surface area (Å²) in [7, 11) is 0. The van der Waals surface area contributed by atoms with Crippen LogP contribution in [0.1, 0.15) is 30.0 Å². The number of anilines is 1. The number of nitrogens with one attached hydrogen (secondary N) is 1. The Morgan fingerprint density at radius 3 is 2.45 bits per heavy atom. The molecule has 0 radical (unpaired) electrons. The van der Waals surface area contributed by atoms with Gasteiger partial charge < -0.3 is 10.4 Å². The maximum atomic E-state index is 13.0. The van der Waals surface area contributed by atoms with E-state index in [2.05, 4.69) is 27.7 Å². The lowest BCUT2D eigenvalue weighted by atomic mass is 9.95. The van der Waals surface area contributed by atoms with E-state index < -0.39 is 28.8 Å². The van der Waals surface area contributed by atoms with Gasteiger partial charge in [-0.15, -0.1) is 0 Å². The maximum absolute atomic E-state index is 13.0. The molecule has 0 saturated heterocycles. The molecule has 9 heteroatoms. The first-order chi connectivity index (χ1) is 13.6. The maximum Gasteiger partial charge on any atom is 0.417 e. The van der Waals surface area contributed by atoms with Crippen molar-refractivity contribution in [1.29, 1.82) is 5.26 Å². The van der Waals surface area contributed by atoms with Gasteiger partial charge in [-0.05, 0) is 67.9 Å². The Kier molecular flexibility index (Phi) is 6.88. The average Bonchev–Trinajstić information content (AvgIpc) is 2.67. The molecule has 1 amide bonds. The van der Waals surface area contributed by atoms with E-state index >= 15 is 0 Å². The lowest BCUT2D eigenvalue weighted by Crippen LogP contribution is -2.40. The molecule has 0 aliphatic carbocycles. The van der Waals surface area contributed by atoms with E-state index in [4.69, 9.17) is 5.26 Å². The summed E-state index contributed by atoms with van der Waals surface area (Å²) in [6.07, 6.45) is -4.35. The van der Waals surface area contributed by atoms with E-state index in [1.807, 2.05) is 0 Å².